The molecule has 11 rings (SSSR count). The van der Waals surface area contributed by atoms with Crippen molar-refractivity contribution in [1.29, 1.82) is 0 Å². The standard InChI is InChI=1S/C55H39N3/c1-54(2)45-29-11-13-31-47(45)55(48-32-14-12-30-46(48)54)44-28-10-9-26-43(44)50-42(27-17-33-49(50)55)39-23-16-25-41(35-39)53-57-51(37-20-7-4-8-21-37)56-52(58-53)40-24-15-22-38(34-40)36-18-5-3-6-19-36/h3-35H,1-2H3. The Kier molecular flexibility index (Phi) is 7.74. The molecule has 0 amide bonds. The summed E-state index contributed by atoms with van der Waals surface area (Å²) in [6.45, 7) is 4.74. The Morgan fingerprint density at radius 1 is 0.293 bits per heavy atom. The van der Waals surface area contributed by atoms with Gasteiger partial charge in [-0.15, -0.1) is 0 Å². The van der Waals surface area contributed by atoms with Crippen molar-refractivity contribution in [1.82, 2.24) is 15.0 Å². The molecule has 1 aromatic heterocycles. The van der Waals surface area contributed by atoms with Gasteiger partial charge in [0.25, 0.3) is 0 Å². The van der Waals surface area contributed by atoms with Gasteiger partial charge < -0.3 is 0 Å². The molecule has 0 unspecified atom stereocenters. The van der Waals surface area contributed by atoms with Crippen LogP contribution in [0, 0.1) is 0 Å². The molecule has 3 heteroatoms. The molecule has 0 atom stereocenters. The lowest BCUT2D eigenvalue weighted by Gasteiger charge is -2.46. The van der Waals surface area contributed by atoms with E-state index < -0.39 is 5.41 Å². The first-order valence-corrected chi connectivity index (χ1v) is 20.0. The van der Waals surface area contributed by atoms with E-state index in [4.69, 9.17) is 15.0 Å². The van der Waals surface area contributed by atoms with E-state index in [0.29, 0.717) is 17.5 Å². The fourth-order valence-electron chi connectivity index (χ4n) is 9.79. The Bertz CT molecular complexity index is 2990. The molecular weight excluding hydrogens is 703 g/mol. The summed E-state index contributed by atoms with van der Waals surface area (Å²) in [4.78, 5) is 15.4. The monoisotopic (exact) mass is 741 g/mol. The minimum atomic E-state index is -0.454. The highest BCUT2D eigenvalue weighted by Crippen LogP contribution is 2.63. The van der Waals surface area contributed by atoms with Gasteiger partial charge in [0, 0.05) is 22.1 Å². The number of fused-ring (bicyclic) bond motifs is 9. The lowest BCUT2D eigenvalue weighted by Crippen LogP contribution is -2.40. The predicted octanol–water partition coefficient (Wildman–Crippen LogP) is 13.2. The Morgan fingerprint density at radius 2 is 0.690 bits per heavy atom. The average Bonchev–Trinajstić information content (AvgIpc) is 3.60. The second kappa shape index (κ2) is 13.2. The fraction of sp³-hybridized carbons (Fsp3) is 0.0727. The summed E-state index contributed by atoms with van der Waals surface area (Å²) in [6, 6.07) is 72.0. The Balaban J connectivity index is 1.10. The molecule has 2 aliphatic carbocycles. The third-order valence-electron chi connectivity index (χ3n) is 12.4. The smallest absolute Gasteiger partial charge is 0.164 e. The average molecular weight is 742 g/mol. The number of benzene rings is 8. The van der Waals surface area contributed by atoms with E-state index in [1.165, 1.54) is 50.1 Å². The highest BCUT2D eigenvalue weighted by atomic mass is 15.0. The van der Waals surface area contributed by atoms with Crippen LogP contribution in [-0.2, 0) is 10.8 Å². The molecule has 0 bridgehead atoms. The van der Waals surface area contributed by atoms with Crippen molar-refractivity contribution in [2.24, 2.45) is 0 Å². The summed E-state index contributed by atoms with van der Waals surface area (Å²) >= 11 is 0. The van der Waals surface area contributed by atoms with Gasteiger partial charge in [0.1, 0.15) is 0 Å². The van der Waals surface area contributed by atoms with Crippen LogP contribution in [0.3, 0.4) is 0 Å². The Hall–Kier alpha value is -7.23. The molecule has 58 heavy (non-hydrogen) atoms. The van der Waals surface area contributed by atoms with Crippen LogP contribution in [0.25, 0.3) is 67.5 Å². The van der Waals surface area contributed by atoms with Crippen LogP contribution in [0.1, 0.15) is 47.2 Å². The zero-order chi connectivity index (χ0) is 38.8. The molecule has 1 spiro atoms. The summed E-state index contributed by atoms with van der Waals surface area (Å²) in [7, 11) is 0. The van der Waals surface area contributed by atoms with Gasteiger partial charge >= 0.3 is 0 Å². The van der Waals surface area contributed by atoms with Crippen molar-refractivity contribution in [3.8, 4) is 67.5 Å². The van der Waals surface area contributed by atoms with Gasteiger partial charge in [0.2, 0.25) is 0 Å². The lowest BCUT2D eigenvalue weighted by atomic mass is 9.55. The zero-order valence-electron chi connectivity index (χ0n) is 32.4. The second-order valence-corrected chi connectivity index (χ2v) is 15.9. The highest BCUT2D eigenvalue weighted by Gasteiger charge is 2.53. The molecule has 3 nitrogen and oxygen atoms in total. The van der Waals surface area contributed by atoms with E-state index in [1.807, 2.05) is 24.3 Å². The molecule has 1 heterocycles. The first-order chi connectivity index (χ1) is 28.5. The number of hydrogen-bond donors (Lipinski definition) is 0. The number of aromatic nitrogens is 3. The van der Waals surface area contributed by atoms with Gasteiger partial charge in [-0.2, -0.15) is 0 Å². The molecule has 0 aliphatic heterocycles. The van der Waals surface area contributed by atoms with Crippen molar-refractivity contribution >= 4 is 0 Å². The third kappa shape index (κ3) is 5.10. The minimum Gasteiger partial charge on any atom is -0.208 e. The quantitative estimate of drug-likeness (QED) is 0.176. The molecule has 0 radical (unpaired) electrons. The molecular formula is C55H39N3. The van der Waals surface area contributed by atoms with E-state index in [-0.39, 0.29) is 5.41 Å². The number of rotatable bonds is 5. The van der Waals surface area contributed by atoms with Crippen molar-refractivity contribution < 1.29 is 0 Å². The summed E-state index contributed by atoms with van der Waals surface area (Å²) in [5.74, 6) is 1.92. The van der Waals surface area contributed by atoms with Crippen molar-refractivity contribution in [2.75, 3.05) is 0 Å². The van der Waals surface area contributed by atoms with E-state index in [0.717, 1.165) is 33.4 Å². The summed E-state index contributed by atoms with van der Waals surface area (Å²) in [6.07, 6.45) is 0. The van der Waals surface area contributed by atoms with E-state index in [9.17, 15) is 0 Å². The van der Waals surface area contributed by atoms with E-state index >= 15 is 0 Å². The molecule has 0 N–H and O–H groups in total. The number of hydrogen-bond acceptors (Lipinski definition) is 3. The van der Waals surface area contributed by atoms with E-state index in [1.54, 1.807) is 0 Å². The molecule has 9 aromatic rings. The molecule has 0 saturated heterocycles. The van der Waals surface area contributed by atoms with Gasteiger partial charge in [0.05, 0.1) is 5.41 Å². The maximum atomic E-state index is 5.19. The van der Waals surface area contributed by atoms with Crippen molar-refractivity contribution in [3.63, 3.8) is 0 Å². The fourth-order valence-corrected chi connectivity index (χ4v) is 9.79. The summed E-state index contributed by atoms with van der Waals surface area (Å²) in [5.41, 5.74) is 17.5. The molecule has 2 aliphatic rings. The van der Waals surface area contributed by atoms with E-state index in [2.05, 4.69) is 190 Å². The Morgan fingerprint density at radius 3 is 1.31 bits per heavy atom. The minimum absolute atomic E-state index is 0.146. The molecule has 274 valence electrons. The SMILES string of the molecule is CC1(C)c2ccccc2C2(c3ccccc3-c3c(-c4cccc(-c5nc(-c6ccccc6)nc(-c6cccc(-c7ccccc7)c6)n5)c4)cccc32)c2ccccc21. The van der Waals surface area contributed by atoms with Gasteiger partial charge in [-0.1, -0.05) is 202 Å². The normalized spacial score (nSPS) is 14.0. The van der Waals surface area contributed by atoms with Crippen molar-refractivity contribution in [3.05, 3.63) is 234 Å². The highest BCUT2D eigenvalue weighted by molar-refractivity contribution is 5.97. The molecule has 0 saturated carbocycles. The first-order valence-electron chi connectivity index (χ1n) is 20.0. The van der Waals surface area contributed by atoms with Crippen LogP contribution in [0.2, 0.25) is 0 Å². The van der Waals surface area contributed by atoms with Crippen molar-refractivity contribution in [2.45, 2.75) is 24.7 Å². The third-order valence-corrected chi connectivity index (χ3v) is 12.4. The van der Waals surface area contributed by atoms with Crippen LogP contribution < -0.4 is 0 Å². The summed E-state index contributed by atoms with van der Waals surface area (Å²) in [5, 5.41) is 0. The second-order valence-electron chi connectivity index (χ2n) is 15.9. The van der Waals surface area contributed by atoms with Crippen LogP contribution in [0.4, 0.5) is 0 Å². The topological polar surface area (TPSA) is 38.7 Å². The van der Waals surface area contributed by atoms with Crippen LogP contribution >= 0.6 is 0 Å². The van der Waals surface area contributed by atoms with Crippen LogP contribution in [-0.4, -0.2) is 15.0 Å². The maximum absolute atomic E-state index is 5.19. The first kappa shape index (κ1) is 34.1. The summed E-state index contributed by atoms with van der Waals surface area (Å²) < 4.78 is 0. The van der Waals surface area contributed by atoms with Gasteiger partial charge in [-0.25, -0.2) is 15.0 Å². The lowest BCUT2D eigenvalue weighted by molar-refractivity contribution is 0.563. The molecule has 0 fully saturated rings. The zero-order valence-corrected chi connectivity index (χ0v) is 32.4. The van der Waals surface area contributed by atoms with Gasteiger partial charge in [-0.3, -0.25) is 0 Å². The van der Waals surface area contributed by atoms with Crippen LogP contribution in [0.15, 0.2) is 200 Å². The van der Waals surface area contributed by atoms with Gasteiger partial charge in [0.15, 0.2) is 17.5 Å². The van der Waals surface area contributed by atoms with Gasteiger partial charge in [-0.05, 0) is 78.9 Å². The molecule has 8 aromatic carbocycles. The number of nitrogens with zero attached hydrogens (tertiary/aromatic N) is 3. The maximum Gasteiger partial charge on any atom is 0.164 e. The Labute approximate surface area is 339 Å². The largest absolute Gasteiger partial charge is 0.208 e. The predicted molar refractivity (Wildman–Crippen MR) is 236 cm³/mol. The van der Waals surface area contributed by atoms with Crippen LogP contribution in [0.5, 0.6) is 0 Å².